The van der Waals surface area contributed by atoms with Crippen molar-refractivity contribution in [3.8, 4) is 0 Å². The van der Waals surface area contributed by atoms with Gasteiger partial charge in [-0.1, -0.05) is 0 Å². The van der Waals surface area contributed by atoms with E-state index in [1.54, 1.807) is 12.3 Å². The van der Waals surface area contributed by atoms with Crippen LogP contribution in [0.25, 0.3) is 0 Å². The minimum absolute atomic E-state index is 0.108. The van der Waals surface area contributed by atoms with Crippen LogP contribution in [0.2, 0.25) is 0 Å². The Morgan fingerprint density at radius 2 is 2.22 bits per heavy atom. The van der Waals surface area contributed by atoms with Gasteiger partial charge in [0.2, 0.25) is 0 Å². The molecule has 1 aliphatic heterocycles. The highest BCUT2D eigenvalue weighted by molar-refractivity contribution is 9.10. The maximum absolute atomic E-state index is 12.1. The molecule has 1 saturated heterocycles. The number of pyridine rings is 1. The number of halogens is 1. The van der Waals surface area contributed by atoms with Crippen LogP contribution in [0.5, 0.6) is 0 Å². The summed E-state index contributed by atoms with van der Waals surface area (Å²) in [6, 6.07) is 3.70. The summed E-state index contributed by atoms with van der Waals surface area (Å²) in [5, 5.41) is 3.04. The number of aromatic nitrogens is 1. The molecule has 3 rings (SSSR count). The molecule has 1 aliphatic carbocycles. The summed E-state index contributed by atoms with van der Waals surface area (Å²) >= 11 is 3.31. The number of carbonyl (C=O) groups is 1. The normalized spacial score (nSPS) is 27.2. The largest absolute Gasteiger partial charge is 0.376 e. The molecular weight excluding hydrogens is 296 g/mol. The van der Waals surface area contributed by atoms with Crippen LogP contribution in [0, 0.1) is 5.92 Å². The van der Waals surface area contributed by atoms with Crippen molar-refractivity contribution in [1.82, 2.24) is 10.3 Å². The second kappa shape index (κ2) is 4.97. The van der Waals surface area contributed by atoms with E-state index in [2.05, 4.69) is 26.2 Å². The highest BCUT2D eigenvalue weighted by Gasteiger charge is 2.41. The SMILES string of the molecule is O=C(NC1CCOC1C1CC1)c1ccc(Br)cn1. The monoisotopic (exact) mass is 310 g/mol. The standard InChI is InChI=1S/C13H15BrN2O2/c14-9-3-4-11(15-7-9)13(17)16-10-5-6-18-12(10)8-1-2-8/h3-4,7-8,10,12H,1-2,5-6H2,(H,16,17). The molecule has 2 unspecified atom stereocenters. The topological polar surface area (TPSA) is 51.2 Å². The molecule has 2 fully saturated rings. The molecule has 18 heavy (non-hydrogen) atoms. The molecule has 1 aromatic rings. The summed E-state index contributed by atoms with van der Waals surface area (Å²) in [6.45, 7) is 0.750. The highest BCUT2D eigenvalue weighted by Crippen LogP contribution is 2.38. The average molecular weight is 311 g/mol. The second-order valence-corrected chi connectivity index (χ2v) is 5.82. The lowest BCUT2D eigenvalue weighted by atomic mass is 10.1. The average Bonchev–Trinajstić information content (AvgIpc) is 3.11. The zero-order valence-electron chi connectivity index (χ0n) is 9.93. The molecule has 0 radical (unpaired) electrons. The quantitative estimate of drug-likeness (QED) is 0.930. The van der Waals surface area contributed by atoms with E-state index < -0.39 is 0 Å². The van der Waals surface area contributed by atoms with Crippen molar-refractivity contribution in [2.24, 2.45) is 5.92 Å². The summed E-state index contributed by atoms with van der Waals surface area (Å²) in [5.74, 6) is 0.541. The van der Waals surface area contributed by atoms with Crippen molar-refractivity contribution >= 4 is 21.8 Å². The molecule has 1 amide bonds. The van der Waals surface area contributed by atoms with Gasteiger partial charge in [-0.25, -0.2) is 4.98 Å². The van der Waals surface area contributed by atoms with Gasteiger partial charge in [-0.2, -0.15) is 0 Å². The van der Waals surface area contributed by atoms with Gasteiger partial charge in [0, 0.05) is 17.3 Å². The first-order valence-electron chi connectivity index (χ1n) is 6.28. The van der Waals surface area contributed by atoms with E-state index in [-0.39, 0.29) is 18.1 Å². The van der Waals surface area contributed by atoms with Crippen LogP contribution in [0.3, 0.4) is 0 Å². The number of nitrogens with one attached hydrogen (secondary N) is 1. The Morgan fingerprint density at radius 1 is 1.39 bits per heavy atom. The fraction of sp³-hybridized carbons (Fsp3) is 0.538. The molecule has 1 aromatic heterocycles. The Kier molecular flexibility index (Phi) is 3.35. The van der Waals surface area contributed by atoms with Gasteiger partial charge in [-0.15, -0.1) is 0 Å². The molecule has 0 bridgehead atoms. The lowest BCUT2D eigenvalue weighted by Crippen LogP contribution is -2.41. The molecule has 5 heteroatoms. The lowest BCUT2D eigenvalue weighted by molar-refractivity contribution is 0.0727. The van der Waals surface area contributed by atoms with Gasteiger partial charge in [0.25, 0.3) is 5.91 Å². The second-order valence-electron chi connectivity index (χ2n) is 4.90. The Morgan fingerprint density at radius 3 is 2.89 bits per heavy atom. The van der Waals surface area contributed by atoms with Gasteiger partial charge in [0.1, 0.15) is 5.69 Å². The highest BCUT2D eigenvalue weighted by atomic mass is 79.9. The third-order valence-corrected chi connectivity index (χ3v) is 3.97. The molecule has 1 saturated carbocycles. The summed E-state index contributed by atoms with van der Waals surface area (Å²) < 4.78 is 6.58. The van der Waals surface area contributed by atoms with Gasteiger partial charge in [0.05, 0.1) is 12.1 Å². The Bertz CT molecular complexity index is 445. The minimum atomic E-state index is -0.108. The van der Waals surface area contributed by atoms with Crippen LogP contribution in [-0.4, -0.2) is 29.6 Å². The molecular formula is C13H15BrN2O2. The third-order valence-electron chi connectivity index (χ3n) is 3.50. The van der Waals surface area contributed by atoms with Crippen molar-refractivity contribution in [2.75, 3.05) is 6.61 Å². The van der Waals surface area contributed by atoms with E-state index in [9.17, 15) is 4.79 Å². The first-order valence-corrected chi connectivity index (χ1v) is 7.07. The van der Waals surface area contributed by atoms with Crippen molar-refractivity contribution in [3.63, 3.8) is 0 Å². The van der Waals surface area contributed by atoms with Crippen LogP contribution in [0.15, 0.2) is 22.8 Å². The molecule has 0 aromatic carbocycles. The fourth-order valence-corrected chi connectivity index (χ4v) is 2.64. The summed E-state index contributed by atoms with van der Waals surface area (Å²) in [6.07, 6.45) is 5.22. The number of carbonyl (C=O) groups excluding carboxylic acids is 1. The number of nitrogens with zero attached hydrogens (tertiary/aromatic N) is 1. The van der Waals surface area contributed by atoms with Crippen molar-refractivity contribution in [2.45, 2.75) is 31.4 Å². The molecule has 1 N–H and O–H groups in total. The van der Waals surface area contributed by atoms with E-state index in [1.807, 2.05) is 6.07 Å². The van der Waals surface area contributed by atoms with Gasteiger partial charge in [0.15, 0.2) is 0 Å². The summed E-state index contributed by atoms with van der Waals surface area (Å²) in [7, 11) is 0. The van der Waals surface area contributed by atoms with Gasteiger partial charge in [-0.05, 0) is 53.2 Å². The molecule has 2 aliphatic rings. The van der Waals surface area contributed by atoms with Crippen molar-refractivity contribution in [3.05, 3.63) is 28.5 Å². The molecule has 96 valence electrons. The van der Waals surface area contributed by atoms with Gasteiger partial charge >= 0.3 is 0 Å². The van der Waals surface area contributed by atoms with Crippen molar-refractivity contribution < 1.29 is 9.53 Å². The third kappa shape index (κ3) is 2.57. The molecule has 2 heterocycles. The van der Waals surface area contributed by atoms with Gasteiger partial charge < -0.3 is 10.1 Å². The maximum Gasteiger partial charge on any atom is 0.270 e. The van der Waals surface area contributed by atoms with E-state index in [4.69, 9.17) is 4.74 Å². The number of amides is 1. The summed E-state index contributed by atoms with van der Waals surface area (Å²) in [4.78, 5) is 16.2. The predicted molar refractivity (Wildman–Crippen MR) is 70.3 cm³/mol. The van der Waals surface area contributed by atoms with Crippen LogP contribution in [0.1, 0.15) is 29.8 Å². The van der Waals surface area contributed by atoms with E-state index in [0.717, 1.165) is 17.5 Å². The molecule has 2 atom stereocenters. The zero-order chi connectivity index (χ0) is 12.5. The first kappa shape index (κ1) is 12.1. The number of hydrogen-bond acceptors (Lipinski definition) is 3. The molecule has 0 spiro atoms. The zero-order valence-corrected chi connectivity index (χ0v) is 11.5. The van der Waals surface area contributed by atoms with Crippen molar-refractivity contribution in [1.29, 1.82) is 0 Å². The minimum Gasteiger partial charge on any atom is -0.376 e. The Balaban J connectivity index is 1.64. The first-order chi connectivity index (χ1) is 8.74. The smallest absolute Gasteiger partial charge is 0.270 e. The van der Waals surface area contributed by atoms with Crippen LogP contribution < -0.4 is 5.32 Å². The molecule has 4 nitrogen and oxygen atoms in total. The van der Waals surface area contributed by atoms with Crippen LogP contribution in [0.4, 0.5) is 0 Å². The predicted octanol–water partition coefficient (Wildman–Crippen LogP) is 2.14. The summed E-state index contributed by atoms with van der Waals surface area (Å²) in [5.41, 5.74) is 0.458. The Hall–Kier alpha value is -0.940. The van der Waals surface area contributed by atoms with E-state index >= 15 is 0 Å². The lowest BCUT2D eigenvalue weighted by Gasteiger charge is -2.19. The fourth-order valence-electron chi connectivity index (χ4n) is 2.41. The number of rotatable bonds is 3. The van der Waals surface area contributed by atoms with Gasteiger partial charge in [-0.3, -0.25) is 4.79 Å². The number of ether oxygens (including phenoxy) is 1. The van der Waals surface area contributed by atoms with E-state index in [1.165, 1.54) is 12.8 Å². The van der Waals surface area contributed by atoms with Crippen LogP contribution >= 0.6 is 15.9 Å². The maximum atomic E-state index is 12.1. The Labute approximate surface area is 114 Å². The number of hydrogen-bond donors (Lipinski definition) is 1. The van der Waals surface area contributed by atoms with E-state index in [0.29, 0.717) is 11.6 Å². The van der Waals surface area contributed by atoms with Crippen LogP contribution in [-0.2, 0) is 4.74 Å².